The number of aromatic amines is 1. The third-order valence-electron chi connectivity index (χ3n) is 8.12. The zero-order valence-corrected chi connectivity index (χ0v) is 22.4. The van der Waals surface area contributed by atoms with Crippen molar-refractivity contribution in [2.45, 2.75) is 52.3 Å². The molecule has 2 saturated heterocycles. The highest BCUT2D eigenvalue weighted by Crippen LogP contribution is 2.31. The number of nitrogens with zero attached hydrogens (tertiary/aromatic N) is 6. The van der Waals surface area contributed by atoms with Crippen LogP contribution in [0.25, 0.3) is 10.9 Å². The lowest BCUT2D eigenvalue weighted by Gasteiger charge is -2.40. The summed E-state index contributed by atoms with van der Waals surface area (Å²) in [5, 5.41) is 13.9. The van der Waals surface area contributed by atoms with Crippen molar-refractivity contribution >= 4 is 16.6 Å². The van der Waals surface area contributed by atoms with Crippen LogP contribution in [0, 0.1) is 20.8 Å². The molecule has 2 atom stereocenters. The monoisotopic (exact) mass is 513 g/mol. The molecule has 4 aromatic rings. The first-order valence-electron chi connectivity index (χ1n) is 13.5. The van der Waals surface area contributed by atoms with Gasteiger partial charge in [-0.3, -0.25) is 9.69 Å². The van der Waals surface area contributed by atoms with E-state index in [0.29, 0.717) is 17.9 Å². The van der Waals surface area contributed by atoms with Crippen LogP contribution in [0.4, 0.5) is 5.69 Å². The summed E-state index contributed by atoms with van der Waals surface area (Å²) in [5.41, 5.74) is 6.46. The molecule has 2 aromatic carbocycles. The Balaban J connectivity index is 1.37. The molecule has 0 amide bonds. The standard InChI is InChI=1S/C29H35N7O2/c1-19-9-10-25-22(16-19)17-24(29(37)30-25)27(28-31-32-33-36(28)18-23-7-5-15-38-23)35-13-11-34(12-14-35)26-8-4-6-20(2)21(26)3/h4,6,8-10,16-17,23,27H,5,7,11-15,18H2,1-3H3,(H,30,37)/t23-,27+/m0/s1. The molecule has 0 aliphatic carbocycles. The Morgan fingerprint density at radius 2 is 1.92 bits per heavy atom. The molecule has 9 heteroatoms. The predicted octanol–water partition coefficient (Wildman–Crippen LogP) is 3.53. The van der Waals surface area contributed by atoms with Crippen LogP contribution in [0.2, 0.25) is 0 Å². The van der Waals surface area contributed by atoms with Crippen LogP contribution in [0.15, 0.2) is 47.3 Å². The van der Waals surface area contributed by atoms with Crippen molar-refractivity contribution in [3.05, 3.63) is 80.9 Å². The summed E-state index contributed by atoms with van der Waals surface area (Å²) in [6.07, 6.45) is 2.14. The number of nitrogens with one attached hydrogen (secondary N) is 1. The molecule has 0 bridgehead atoms. The molecular formula is C29H35N7O2. The van der Waals surface area contributed by atoms with E-state index in [2.05, 4.69) is 75.3 Å². The fraction of sp³-hybridized carbons (Fsp3) is 0.448. The highest BCUT2D eigenvalue weighted by atomic mass is 16.5. The van der Waals surface area contributed by atoms with Gasteiger partial charge in [-0.1, -0.05) is 23.8 Å². The normalized spacial score (nSPS) is 19.3. The Labute approximate surface area is 222 Å². The fourth-order valence-electron chi connectivity index (χ4n) is 5.86. The van der Waals surface area contributed by atoms with Gasteiger partial charge in [0, 0.05) is 49.6 Å². The minimum absolute atomic E-state index is 0.0941. The number of rotatable bonds is 6. The largest absolute Gasteiger partial charge is 0.376 e. The zero-order chi connectivity index (χ0) is 26.2. The van der Waals surface area contributed by atoms with Crippen LogP contribution in [0.3, 0.4) is 0 Å². The number of piperazine rings is 1. The second kappa shape index (κ2) is 10.3. The molecule has 2 fully saturated rings. The molecule has 198 valence electrons. The van der Waals surface area contributed by atoms with E-state index < -0.39 is 0 Å². The highest BCUT2D eigenvalue weighted by molar-refractivity contribution is 5.79. The zero-order valence-electron chi connectivity index (χ0n) is 22.4. The van der Waals surface area contributed by atoms with Gasteiger partial charge in [-0.15, -0.1) is 5.10 Å². The smallest absolute Gasteiger partial charge is 0.253 e. The van der Waals surface area contributed by atoms with Crippen LogP contribution in [-0.2, 0) is 11.3 Å². The molecule has 4 heterocycles. The van der Waals surface area contributed by atoms with Crippen LogP contribution in [0.5, 0.6) is 0 Å². The lowest BCUT2D eigenvalue weighted by atomic mass is 10.0. The number of hydrogen-bond acceptors (Lipinski definition) is 7. The summed E-state index contributed by atoms with van der Waals surface area (Å²) in [6.45, 7) is 11.1. The highest BCUT2D eigenvalue weighted by Gasteiger charge is 2.33. The summed E-state index contributed by atoms with van der Waals surface area (Å²) >= 11 is 0. The second-order valence-electron chi connectivity index (χ2n) is 10.6. The lowest BCUT2D eigenvalue weighted by Crippen LogP contribution is -2.49. The number of aromatic nitrogens is 5. The van der Waals surface area contributed by atoms with Crippen molar-refractivity contribution in [3.63, 3.8) is 0 Å². The van der Waals surface area contributed by atoms with Crippen LogP contribution in [-0.4, -0.2) is 69.0 Å². The van der Waals surface area contributed by atoms with Crippen molar-refractivity contribution in [1.82, 2.24) is 30.1 Å². The number of ether oxygens (including phenoxy) is 1. The van der Waals surface area contributed by atoms with Crippen molar-refractivity contribution in [3.8, 4) is 0 Å². The topological polar surface area (TPSA) is 92.2 Å². The van der Waals surface area contributed by atoms with E-state index in [1.54, 1.807) is 0 Å². The number of hydrogen-bond donors (Lipinski definition) is 1. The number of fused-ring (bicyclic) bond motifs is 1. The molecule has 0 spiro atoms. The SMILES string of the molecule is Cc1ccc2[nH]c(=O)c([C@H](c3nnnn3C[C@@H]3CCCO3)N3CCN(c4cccc(C)c4C)CC3)cc2c1. The van der Waals surface area contributed by atoms with E-state index in [1.807, 2.05) is 22.9 Å². The van der Waals surface area contributed by atoms with Crippen molar-refractivity contribution in [1.29, 1.82) is 0 Å². The van der Waals surface area contributed by atoms with Crippen molar-refractivity contribution < 1.29 is 4.74 Å². The van der Waals surface area contributed by atoms with Gasteiger partial charge in [-0.05, 0) is 84.8 Å². The lowest BCUT2D eigenvalue weighted by molar-refractivity contribution is 0.0906. The minimum atomic E-state index is -0.360. The summed E-state index contributed by atoms with van der Waals surface area (Å²) in [4.78, 5) is 21.4. The van der Waals surface area contributed by atoms with E-state index >= 15 is 0 Å². The number of pyridine rings is 1. The van der Waals surface area contributed by atoms with Crippen LogP contribution in [0.1, 0.15) is 47.0 Å². The molecule has 9 nitrogen and oxygen atoms in total. The van der Waals surface area contributed by atoms with Gasteiger partial charge in [0.05, 0.1) is 12.6 Å². The Kier molecular flexibility index (Phi) is 6.71. The van der Waals surface area contributed by atoms with E-state index in [4.69, 9.17) is 4.74 Å². The first-order valence-corrected chi connectivity index (χ1v) is 13.5. The number of benzene rings is 2. The van der Waals surface area contributed by atoms with Crippen molar-refractivity contribution in [2.24, 2.45) is 0 Å². The van der Waals surface area contributed by atoms with Gasteiger partial charge in [0.2, 0.25) is 0 Å². The maximum atomic E-state index is 13.5. The Bertz CT molecular complexity index is 1500. The summed E-state index contributed by atoms with van der Waals surface area (Å²) in [7, 11) is 0. The Morgan fingerprint density at radius 3 is 2.71 bits per heavy atom. The first-order chi connectivity index (χ1) is 18.5. The summed E-state index contributed by atoms with van der Waals surface area (Å²) in [6, 6.07) is 14.2. The third kappa shape index (κ3) is 4.72. The fourth-order valence-corrected chi connectivity index (χ4v) is 5.86. The van der Waals surface area contributed by atoms with E-state index in [1.165, 1.54) is 16.8 Å². The number of H-pyrrole nitrogens is 1. The Hall–Kier alpha value is -3.56. The molecule has 2 aliphatic heterocycles. The number of anilines is 1. The van der Waals surface area contributed by atoms with Gasteiger partial charge in [-0.2, -0.15) is 0 Å². The van der Waals surface area contributed by atoms with Gasteiger partial charge < -0.3 is 14.6 Å². The third-order valence-corrected chi connectivity index (χ3v) is 8.12. The molecular weight excluding hydrogens is 478 g/mol. The second-order valence-corrected chi connectivity index (χ2v) is 10.6. The molecule has 38 heavy (non-hydrogen) atoms. The molecule has 2 aliphatic rings. The van der Waals surface area contributed by atoms with Crippen molar-refractivity contribution in [2.75, 3.05) is 37.7 Å². The molecule has 2 aromatic heterocycles. The molecule has 0 radical (unpaired) electrons. The van der Waals surface area contributed by atoms with Crippen LogP contribution >= 0.6 is 0 Å². The minimum Gasteiger partial charge on any atom is -0.376 e. The van der Waals surface area contributed by atoms with E-state index in [0.717, 1.165) is 62.1 Å². The number of tetrazole rings is 1. The van der Waals surface area contributed by atoms with Gasteiger partial charge in [-0.25, -0.2) is 4.68 Å². The number of aryl methyl sites for hydroxylation is 2. The van der Waals surface area contributed by atoms with E-state index in [-0.39, 0.29) is 17.7 Å². The predicted molar refractivity (Wildman–Crippen MR) is 148 cm³/mol. The average molecular weight is 514 g/mol. The maximum absolute atomic E-state index is 13.5. The van der Waals surface area contributed by atoms with Gasteiger partial charge >= 0.3 is 0 Å². The average Bonchev–Trinajstić information content (AvgIpc) is 3.60. The first kappa shape index (κ1) is 24.8. The molecule has 0 unspecified atom stereocenters. The van der Waals surface area contributed by atoms with Gasteiger partial charge in [0.1, 0.15) is 6.04 Å². The molecule has 1 N–H and O–H groups in total. The molecule has 6 rings (SSSR count). The van der Waals surface area contributed by atoms with E-state index in [9.17, 15) is 4.79 Å². The quantitative estimate of drug-likeness (QED) is 0.422. The van der Waals surface area contributed by atoms with Gasteiger partial charge in [0.15, 0.2) is 5.82 Å². The maximum Gasteiger partial charge on any atom is 0.253 e. The molecule has 0 saturated carbocycles. The summed E-state index contributed by atoms with van der Waals surface area (Å²) in [5.74, 6) is 0.693. The van der Waals surface area contributed by atoms with Gasteiger partial charge in [0.25, 0.3) is 5.56 Å². The summed E-state index contributed by atoms with van der Waals surface area (Å²) < 4.78 is 7.73. The van der Waals surface area contributed by atoms with Crippen LogP contribution < -0.4 is 10.5 Å². The Morgan fingerprint density at radius 1 is 1.08 bits per heavy atom.